The molecule has 0 radical (unpaired) electrons. The Kier molecular flexibility index (Phi) is 6.23. The zero-order valence-corrected chi connectivity index (χ0v) is 15.1. The minimum atomic E-state index is -0.780. The van der Waals surface area contributed by atoms with Crippen LogP contribution in [0.1, 0.15) is 49.9 Å². The molecule has 3 atom stereocenters. The summed E-state index contributed by atoms with van der Waals surface area (Å²) in [6, 6.07) is 7.38. The Balaban J connectivity index is 1.91. The summed E-state index contributed by atoms with van der Waals surface area (Å²) < 4.78 is 6.12. The normalized spacial score (nSPS) is 22.7. The maximum Gasteiger partial charge on any atom is 0.339 e. The third-order valence-corrected chi connectivity index (χ3v) is 5.13. The van der Waals surface area contributed by atoms with Gasteiger partial charge < -0.3 is 10.1 Å². The molecule has 1 aliphatic rings. The van der Waals surface area contributed by atoms with Gasteiger partial charge in [0.05, 0.1) is 5.56 Å². The van der Waals surface area contributed by atoms with Crippen molar-refractivity contribution in [3.05, 3.63) is 33.4 Å². The van der Waals surface area contributed by atoms with Gasteiger partial charge in [-0.25, -0.2) is 4.79 Å². The summed E-state index contributed by atoms with van der Waals surface area (Å²) in [7, 11) is 0. The predicted molar refractivity (Wildman–Crippen MR) is 93.6 cm³/mol. The largest absolute Gasteiger partial charge is 0.449 e. The highest BCUT2D eigenvalue weighted by Crippen LogP contribution is 2.23. The van der Waals surface area contributed by atoms with Gasteiger partial charge in [-0.1, -0.05) is 31.9 Å². The van der Waals surface area contributed by atoms with Crippen LogP contribution in [0.25, 0.3) is 0 Å². The van der Waals surface area contributed by atoms with Crippen LogP contribution in [0.5, 0.6) is 0 Å². The van der Waals surface area contributed by atoms with Crippen molar-refractivity contribution < 1.29 is 14.3 Å². The number of esters is 1. The van der Waals surface area contributed by atoms with E-state index in [-0.39, 0.29) is 11.9 Å². The number of ether oxygens (including phenoxy) is 1. The van der Waals surface area contributed by atoms with E-state index >= 15 is 0 Å². The smallest absolute Gasteiger partial charge is 0.339 e. The molecule has 1 aromatic rings. The summed E-state index contributed by atoms with van der Waals surface area (Å²) in [6.45, 7) is 3.78. The second-order valence-electron chi connectivity index (χ2n) is 5.90. The fourth-order valence-corrected chi connectivity index (χ4v) is 3.34. The van der Waals surface area contributed by atoms with Crippen molar-refractivity contribution in [1.29, 1.82) is 0 Å². The quantitative estimate of drug-likeness (QED) is 0.605. The Hall–Kier alpha value is -1.11. The van der Waals surface area contributed by atoms with E-state index in [9.17, 15) is 9.59 Å². The Bertz CT molecular complexity index is 546. The van der Waals surface area contributed by atoms with Crippen LogP contribution in [-0.4, -0.2) is 24.0 Å². The molecule has 120 valence electrons. The number of rotatable bonds is 4. The summed E-state index contributed by atoms with van der Waals surface area (Å²) in [5.41, 5.74) is 0.494. The highest BCUT2D eigenvalue weighted by molar-refractivity contribution is 14.1. The summed E-state index contributed by atoms with van der Waals surface area (Å²) in [5, 5.41) is 3.02. The maximum absolute atomic E-state index is 12.2. The van der Waals surface area contributed by atoms with Crippen molar-refractivity contribution in [3.8, 4) is 0 Å². The van der Waals surface area contributed by atoms with E-state index in [4.69, 9.17) is 4.74 Å². The first kappa shape index (κ1) is 17.2. The summed E-state index contributed by atoms with van der Waals surface area (Å²) in [4.78, 5) is 24.3. The van der Waals surface area contributed by atoms with Crippen LogP contribution in [0, 0.1) is 9.49 Å². The van der Waals surface area contributed by atoms with Gasteiger partial charge in [-0.05, 0) is 60.4 Å². The average Bonchev–Trinajstić information content (AvgIpc) is 2.49. The highest BCUT2D eigenvalue weighted by atomic mass is 127. The maximum atomic E-state index is 12.2. The van der Waals surface area contributed by atoms with Crippen molar-refractivity contribution in [3.63, 3.8) is 0 Å². The lowest BCUT2D eigenvalue weighted by molar-refractivity contribution is -0.130. The standard InChI is InChI=1S/C17H22INO3/c1-11-7-3-6-10-15(11)19-16(20)12(2)22-17(21)13-8-4-5-9-14(13)18/h4-5,8-9,11-12,15H,3,6-7,10H2,1-2H3,(H,19,20)/t11-,12+,15+/m0/s1. The average molecular weight is 415 g/mol. The molecule has 0 heterocycles. The number of amides is 1. The summed E-state index contributed by atoms with van der Waals surface area (Å²) in [5.74, 6) is -0.182. The van der Waals surface area contributed by atoms with Gasteiger partial charge in [-0.3, -0.25) is 4.79 Å². The minimum absolute atomic E-state index is 0.194. The second kappa shape index (κ2) is 7.94. The fraction of sp³-hybridized carbons (Fsp3) is 0.529. The van der Waals surface area contributed by atoms with E-state index in [1.54, 1.807) is 19.1 Å². The molecule has 1 N–H and O–H groups in total. The lowest BCUT2D eigenvalue weighted by Gasteiger charge is -2.30. The lowest BCUT2D eigenvalue weighted by atomic mass is 9.86. The molecule has 0 saturated heterocycles. The number of benzene rings is 1. The molecule has 1 aliphatic carbocycles. The molecule has 0 bridgehead atoms. The highest BCUT2D eigenvalue weighted by Gasteiger charge is 2.26. The van der Waals surface area contributed by atoms with Crippen molar-refractivity contribution in [2.75, 3.05) is 0 Å². The van der Waals surface area contributed by atoms with Gasteiger partial charge in [0.25, 0.3) is 5.91 Å². The van der Waals surface area contributed by atoms with Crippen molar-refractivity contribution in [2.24, 2.45) is 5.92 Å². The van der Waals surface area contributed by atoms with E-state index < -0.39 is 12.1 Å². The van der Waals surface area contributed by atoms with Gasteiger partial charge in [0.15, 0.2) is 6.10 Å². The number of hydrogen-bond acceptors (Lipinski definition) is 3. The third kappa shape index (κ3) is 4.44. The summed E-state index contributed by atoms with van der Waals surface area (Å²) >= 11 is 2.09. The van der Waals surface area contributed by atoms with Gasteiger partial charge >= 0.3 is 5.97 Å². The molecule has 5 heteroatoms. The van der Waals surface area contributed by atoms with Crippen molar-refractivity contribution in [1.82, 2.24) is 5.32 Å². The van der Waals surface area contributed by atoms with E-state index in [1.807, 2.05) is 12.1 Å². The van der Waals surface area contributed by atoms with Gasteiger partial charge in [-0.15, -0.1) is 0 Å². The van der Waals surface area contributed by atoms with E-state index in [2.05, 4.69) is 34.8 Å². The molecule has 4 nitrogen and oxygen atoms in total. The van der Waals surface area contributed by atoms with Gasteiger partial charge in [-0.2, -0.15) is 0 Å². The van der Waals surface area contributed by atoms with Crippen LogP contribution in [0.3, 0.4) is 0 Å². The number of carbonyl (C=O) groups is 2. The molecule has 1 saturated carbocycles. The molecule has 0 aliphatic heterocycles. The molecule has 22 heavy (non-hydrogen) atoms. The molecule has 1 amide bonds. The van der Waals surface area contributed by atoms with Gasteiger partial charge in [0.1, 0.15) is 0 Å². The van der Waals surface area contributed by atoms with Gasteiger partial charge in [0.2, 0.25) is 0 Å². The van der Waals surface area contributed by atoms with Crippen LogP contribution in [-0.2, 0) is 9.53 Å². The first-order valence-corrected chi connectivity index (χ1v) is 8.83. The Morgan fingerprint density at radius 1 is 1.27 bits per heavy atom. The molecule has 1 aromatic carbocycles. The lowest BCUT2D eigenvalue weighted by Crippen LogP contribution is -2.46. The zero-order chi connectivity index (χ0) is 16.1. The second-order valence-corrected chi connectivity index (χ2v) is 7.07. The van der Waals surface area contributed by atoms with E-state index in [0.29, 0.717) is 11.5 Å². The fourth-order valence-electron chi connectivity index (χ4n) is 2.74. The molecule has 1 fully saturated rings. The predicted octanol–water partition coefficient (Wildman–Crippen LogP) is 3.53. The minimum Gasteiger partial charge on any atom is -0.449 e. The van der Waals surface area contributed by atoms with Crippen LogP contribution in [0.15, 0.2) is 24.3 Å². The summed E-state index contributed by atoms with van der Waals surface area (Å²) in [6.07, 6.45) is 3.74. The van der Waals surface area contributed by atoms with Crippen LogP contribution < -0.4 is 5.32 Å². The Morgan fingerprint density at radius 3 is 2.64 bits per heavy atom. The molecule has 0 unspecified atom stereocenters. The van der Waals surface area contributed by atoms with Crippen molar-refractivity contribution >= 4 is 34.5 Å². The molecular weight excluding hydrogens is 393 g/mol. The van der Waals surface area contributed by atoms with E-state index in [0.717, 1.165) is 22.8 Å². The van der Waals surface area contributed by atoms with E-state index in [1.165, 1.54) is 6.42 Å². The zero-order valence-electron chi connectivity index (χ0n) is 13.0. The van der Waals surface area contributed by atoms with Crippen molar-refractivity contribution in [2.45, 2.75) is 51.7 Å². The SMILES string of the molecule is C[C@@H](OC(=O)c1ccccc1I)C(=O)N[C@@H]1CCCC[C@@H]1C. The Morgan fingerprint density at radius 2 is 1.95 bits per heavy atom. The number of carbonyl (C=O) groups excluding carboxylic acids is 2. The van der Waals surface area contributed by atoms with Gasteiger partial charge in [0, 0.05) is 9.61 Å². The number of halogens is 1. The third-order valence-electron chi connectivity index (χ3n) is 4.19. The van der Waals surface area contributed by atoms with Crippen LogP contribution in [0.4, 0.5) is 0 Å². The molecule has 0 spiro atoms. The molecular formula is C17H22INO3. The first-order valence-electron chi connectivity index (χ1n) is 7.75. The Labute approximate surface area is 145 Å². The topological polar surface area (TPSA) is 55.4 Å². The first-order chi connectivity index (χ1) is 10.5. The number of nitrogens with one attached hydrogen (secondary N) is 1. The number of hydrogen-bond donors (Lipinski definition) is 1. The molecule has 0 aromatic heterocycles. The molecule has 2 rings (SSSR count). The van der Waals surface area contributed by atoms with Crippen LogP contribution in [0.2, 0.25) is 0 Å². The monoisotopic (exact) mass is 415 g/mol. The van der Waals surface area contributed by atoms with Crippen LogP contribution >= 0.6 is 22.6 Å².